The second-order valence-electron chi connectivity index (χ2n) is 3.31. The lowest BCUT2D eigenvalue weighted by Gasteiger charge is -2.05. The summed E-state index contributed by atoms with van der Waals surface area (Å²) in [5, 5.41) is 2.84. The lowest BCUT2D eigenvalue weighted by molar-refractivity contribution is 0.623. The topological polar surface area (TPSA) is 24.9 Å². The molecule has 1 aromatic heterocycles. The third-order valence-electron chi connectivity index (χ3n) is 2.13. The number of hydrogen-bond donors (Lipinski definition) is 1. The first kappa shape index (κ1) is 10.5. The van der Waals surface area contributed by atoms with Gasteiger partial charge in [0.05, 0.1) is 0 Å². The molecule has 2 rings (SSSR count). The fraction of sp³-hybridized carbons (Fsp3) is 0.0833. The number of rotatable bonds is 3. The second kappa shape index (κ2) is 4.70. The number of halogens is 2. The maximum Gasteiger partial charge on any atom is 0.165 e. The molecule has 0 amide bonds. The van der Waals surface area contributed by atoms with Crippen LogP contribution in [0.5, 0.6) is 0 Å². The molecule has 82 valence electrons. The molecule has 2 nitrogen and oxygen atoms in total. The van der Waals surface area contributed by atoms with E-state index in [2.05, 4.69) is 10.3 Å². The molecule has 4 heteroatoms. The van der Waals surface area contributed by atoms with E-state index in [9.17, 15) is 8.78 Å². The molecule has 0 fully saturated rings. The number of anilines is 1. The summed E-state index contributed by atoms with van der Waals surface area (Å²) in [5.74, 6) is -0.482. The molecule has 0 aliphatic carbocycles. The molecule has 0 saturated heterocycles. The van der Waals surface area contributed by atoms with E-state index >= 15 is 0 Å². The largest absolute Gasteiger partial charge is 0.364 e. The summed E-state index contributed by atoms with van der Waals surface area (Å²) in [7, 11) is 0. The molecular formula is C12H10F2N2. The van der Waals surface area contributed by atoms with E-state index in [0.717, 1.165) is 5.56 Å². The highest BCUT2D eigenvalue weighted by Gasteiger charge is 2.01. The van der Waals surface area contributed by atoms with Gasteiger partial charge >= 0.3 is 0 Å². The van der Waals surface area contributed by atoms with Crippen LogP contribution >= 0.6 is 0 Å². The molecule has 0 unspecified atom stereocenters. The first-order valence-corrected chi connectivity index (χ1v) is 4.84. The van der Waals surface area contributed by atoms with Crippen molar-refractivity contribution in [2.75, 3.05) is 5.32 Å². The van der Waals surface area contributed by atoms with Crippen molar-refractivity contribution in [3.8, 4) is 0 Å². The molecule has 2 aromatic rings. The van der Waals surface area contributed by atoms with E-state index in [1.54, 1.807) is 12.1 Å². The van der Waals surface area contributed by atoms with Gasteiger partial charge in [-0.05, 0) is 29.8 Å². The van der Waals surface area contributed by atoms with E-state index in [-0.39, 0.29) is 11.6 Å². The fourth-order valence-corrected chi connectivity index (χ4v) is 1.30. The second-order valence-corrected chi connectivity index (χ2v) is 3.31. The quantitative estimate of drug-likeness (QED) is 0.860. The average molecular weight is 220 g/mol. The van der Waals surface area contributed by atoms with Gasteiger partial charge in [0.15, 0.2) is 11.6 Å². The number of aromatic nitrogens is 1. The zero-order valence-corrected chi connectivity index (χ0v) is 8.45. The molecule has 0 atom stereocenters. The smallest absolute Gasteiger partial charge is 0.165 e. The van der Waals surface area contributed by atoms with Crippen LogP contribution in [0.25, 0.3) is 0 Å². The minimum Gasteiger partial charge on any atom is -0.364 e. The first-order chi connectivity index (χ1) is 7.75. The van der Waals surface area contributed by atoms with Crippen molar-refractivity contribution in [3.05, 3.63) is 59.8 Å². The van der Waals surface area contributed by atoms with E-state index in [1.165, 1.54) is 30.5 Å². The van der Waals surface area contributed by atoms with Crippen molar-refractivity contribution in [2.24, 2.45) is 0 Å². The zero-order chi connectivity index (χ0) is 11.4. The van der Waals surface area contributed by atoms with Gasteiger partial charge < -0.3 is 5.32 Å². The van der Waals surface area contributed by atoms with Crippen LogP contribution in [0.1, 0.15) is 5.56 Å². The van der Waals surface area contributed by atoms with Crippen LogP contribution in [-0.2, 0) is 6.54 Å². The van der Waals surface area contributed by atoms with Crippen molar-refractivity contribution >= 4 is 5.82 Å². The molecule has 0 spiro atoms. The molecule has 16 heavy (non-hydrogen) atoms. The van der Waals surface area contributed by atoms with Gasteiger partial charge in [-0.25, -0.2) is 13.8 Å². The van der Waals surface area contributed by atoms with Crippen molar-refractivity contribution in [3.63, 3.8) is 0 Å². The third kappa shape index (κ3) is 2.53. The monoisotopic (exact) mass is 220 g/mol. The normalized spacial score (nSPS) is 10.1. The molecule has 1 heterocycles. The summed E-state index contributed by atoms with van der Waals surface area (Å²) >= 11 is 0. The molecule has 0 aliphatic heterocycles. The SMILES string of the molecule is Fc1ccc(CNc2ncccc2F)cc1. The maximum absolute atomic E-state index is 13.2. The van der Waals surface area contributed by atoms with Gasteiger partial charge in [-0.15, -0.1) is 0 Å². The molecule has 0 aliphatic rings. The Hall–Kier alpha value is -1.97. The van der Waals surface area contributed by atoms with Crippen LogP contribution in [-0.4, -0.2) is 4.98 Å². The predicted molar refractivity (Wildman–Crippen MR) is 57.9 cm³/mol. The summed E-state index contributed by atoms with van der Waals surface area (Å²) in [6.07, 6.45) is 1.51. The van der Waals surface area contributed by atoms with Crippen LogP contribution in [0, 0.1) is 11.6 Å². The van der Waals surface area contributed by atoms with Crippen LogP contribution < -0.4 is 5.32 Å². The van der Waals surface area contributed by atoms with Crippen molar-refractivity contribution < 1.29 is 8.78 Å². The summed E-state index contributed by atoms with van der Waals surface area (Å²) in [6, 6.07) is 8.88. The molecule has 0 saturated carbocycles. The Morgan fingerprint density at radius 2 is 1.81 bits per heavy atom. The van der Waals surface area contributed by atoms with Crippen molar-refractivity contribution in [1.29, 1.82) is 0 Å². The molecular weight excluding hydrogens is 210 g/mol. The highest BCUT2D eigenvalue weighted by molar-refractivity contribution is 5.36. The van der Waals surface area contributed by atoms with Gasteiger partial charge in [0, 0.05) is 12.7 Å². The number of nitrogens with one attached hydrogen (secondary N) is 1. The van der Waals surface area contributed by atoms with Gasteiger partial charge in [0.1, 0.15) is 5.82 Å². The molecule has 1 aromatic carbocycles. The van der Waals surface area contributed by atoms with Gasteiger partial charge in [0.2, 0.25) is 0 Å². The minimum absolute atomic E-state index is 0.201. The standard InChI is InChI=1S/C12H10F2N2/c13-10-5-3-9(4-6-10)8-16-12-11(14)2-1-7-15-12/h1-7H,8H2,(H,15,16). The maximum atomic E-state index is 13.2. The Bertz CT molecular complexity index is 469. The Morgan fingerprint density at radius 1 is 1.06 bits per heavy atom. The molecule has 1 N–H and O–H groups in total. The third-order valence-corrected chi connectivity index (χ3v) is 2.13. The molecule has 0 bridgehead atoms. The Labute approximate surface area is 92.0 Å². The van der Waals surface area contributed by atoms with Crippen LogP contribution in [0.4, 0.5) is 14.6 Å². The summed E-state index contributed by atoms with van der Waals surface area (Å²) in [5.41, 5.74) is 0.867. The van der Waals surface area contributed by atoms with Crippen LogP contribution in [0.2, 0.25) is 0 Å². The fourth-order valence-electron chi connectivity index (χ4n) is 1.30. The summed E-state index contributed by atoms with van der Waals surface area (Å²) in [6.45, 7) is 0.411. The van der Waals surface area contributed by atoms with E-state index < -0.39 is 5.82 Å². The van der Waals surface area contributed by atoms with Crippen LogP contribution in [0.15, 0.2) is 42.6 Å². The predicted octanol–water partition coefficient (Wildman–Crippen LogP) is 2.97. The van der Waals surface area contributed by atoms with E-state index in [4.69, 9.17) is 0 Å². The minimum atomic E-state index is -0.399. The van der Waals surface area contributed by atoms with Crippen molar-refractivity contribution in [1.82, 2.24) is 4.98 Å². The van der Waals surface area contributed by atoms with Crippen LogP contribution in [0.3, 0.4) is 0 Å². The Kier molecular flexibility index (Phi) is 3.10. The van der Waals surface area contributed by atoms with Gasteiger partial charge in [0.25, 0.3) is 0 Å². The summed E-state index contributed by atoms with van der Waals surface area (Å²) in [4.78, 5) is 3.85. The van der Waals surface area contributed by atoms with E-state index in [1.807, 2.05) is 0 Å². The lowest BCUT2D eigenvalue weighted by atomic mass is 10.2. The molecule has 0 radical (unpaired) electrons. The lowest BCUT2D eigenvalue weighted by Crippen LogP contribution is -2.03. The first-order valence-electron chi connectivity index (χ1n) is 4.84. The van der Waals surface area contributed by atoms with E-state index in [0.29, 0.717) is 6.54 Å². The Morgan fingerprint density at radius 3 is 2.50 bits per heavy atom. The Balaban J connectivity index is 2.02. The highest BCUT2D eigenvalue weighted by atomic mass is 19.1. The van der Waals surface area contributed by atoms with Gasteiger partial charge in [-0.3, -0.25) is 0 Å². The number of hydrogen-bond acceptors (Lipinski definition) is 2. The number of pyridine rings is 1. The van der Waals surface area contributed by atoms with Gasteiger partial charge in [-0.1, -0.05) is 12.1 Å². The number of benzene rings is 1. The average Bonchev–Trinajstić information content (AvgIpc) is 2.30. The zero-order valence-electron chi connectivity index (χ0n) is 8.45. The number of nitrogens with zero attached hydrogens (tertiary/aromatic N) is 1. The highest BCUT2D eigenvalue weighted by Crippen LogP contribution is 2.10. The van der Waals surface area contributed by atoms with Crippen molar-refractivity contribution in [2.45, 2.75) is 6.54 Å². The van der Waals surface area contributed by atoms with Gasteiger partial charge in [-0.2, -0.15) is 0 Å². The summed E-state index contributed by atoms with van der Waals surface area (Å²) < 4.78 is 25.8.